The minimum absolute atomic E-state index is 0. The number of hydrogen-bond acceptors (Lipinski definition) is 5. The van der Waals surface area contributed by atoms with Crippen LogP contribution in [0, 0.1) is 5.82 Å². The van der Waals surface area contributed by atoms with Crippen LogP contribution in [0.15, 0.2) is 29.3 Å². The maximum atomic E-state index is 13.3. The van der Waals surface area contributed by atoms with Crippen LogP contribution in [-0.2, 0) is 10.0 Å². The summed E-state index contributed by atoms with van der Waals surface area (Å²) in [4.78, 5) is 4.11. The minimum atomic E-state index is -3.25. The van der Waals surface area contributed by atoms with Crippen molar-refractivity contribution in [3.05, 3.63) is 30.1 Å². The molecule has 2 rings (SSSR count). The van der Waals surface area contributed by atoms with Gasteiger partial charge in [-0.15, -0.1) is 24.0 Å². The molecule has 0 amide bonds. The monoisotopic (exact) mass is 560 g/mol. The third-order valence-electron chi connectivity index (χ3n) is 4.29. The predicted molar refractivity (Wildman–Crippen MR) is 129 cm³/mol. The van der Waals surface area contributed by atoms with Crippen molar-refractivity contribution in [1.82, 2.24) is 14.9 Å². The van der Waals surface area contributed by atoms with Crippen LogP contribution in [0.2, 0.25) is 0 Å². The topological polar surface area (TPSA) is 83.0 Å². The molecule has 29 heavy (non-hydrogen) atoms. The first-order valence-corrected chi connectivity index (χ1v) is 12.1. The lowest BCUT2D eigenvalue weighted by molar-refractivity contribution is 0.199. The summed E-state index contributed by atoms with van der Waals surface area (Å²) in [5.74, 6) is 2.36. The van der Waals surface area contributed by atoms with Gasteiger partial charge in [0, 0.05) is 44.3 Å². The standard InChI is InChI=1S/C18H29FN4O3S2.HI/c1-3-16(26-17-6-4-5-15(19)13-17)14-22-18(20-2)21-7-12-28(24,25)23-8-10-27-11-9-23;/h4-6,13,16H,3,7-12,14H2,1-2H3,(H2,20,21,22);1H. The maximum absolute atomic E-state index is 13.3. The van der Waals surface area contributed by atoms with Gasteiger partial charge in [-0.1, -0.05) is 13.0 Å². The van der Waals surface area contributed by atoms with Crippen LogP contribution in [0.1, 0.15) is 13.3 Å². The van der Waals surface area contributed by atoms with Crippen molar-refractivity contribution in [3.63, 3.8) is 0 Å². The largest absolute Gasteiger partial charge is 0.489 e. The second-order valence-corrected chi connectivity index (χ2v) is 9.63. The number of ether oxygens (including phenoxy) is 1. The molecule has 166 valence electrons. The van der Waals surface area contributed by atoms with Crippen LogP contribution in [0.3, 0.4) is 0 Å². The summed E-state index contributed by atoms with van der Waals surface area (Å²) < 4.78 is 45.4. The Balaban J connectivity index is 0.00000420. The van der Waals surface area contributed by atoms with Gasteiger partial charge in [-0.25, -0.2) is 17.1 Å². The number of halogens is 2. The zero-order valence-corrected chi connectivity index (χ0v) is 20.7. The van der Waals surface area contributed by atoms with Crippen molar-refractivity contribution in [2.24, 2.45) is 4.99 Å². The number of nitrogens with one attached hydrogen (secondary N) is 2. The van der Waals surface area contributed by atoms with E-state index in [1.165, 1.54) is 12.1 Å². The molecule has 1 unspecified atom stereocenters. The van der Waals surface area contributed by atoms with E-state index in [-0.39, 0.29) is 48.2 Å². The van der Waals surface area contributed by atoms with Gasteiger partial charge in [0.05, 0.1) is 12.3 Å². The molecule has 1 atom stereocenters. The number of nitrogens with zero attached hydrogens (tertiary/aromatic N) is 2. The fraction of sp³-hybridized carbons (Fsp3) is 0.611. The Morgan fingerprint density at radius 3 is 2.69 bits per heavy atom. The summed E-state index contributed by atoms with van der Waals surface area (Å²) in [6, 6.07) is 6.03. The number of sulfonamides is 1. The molecule has 7 nitrogen and oxygen atoms in total. The highest BCUT2D eigenvalue weighted by Gasteiger charge is 2.23. The Morgan fingerprint density at radius 2 is 2.07 bits per heavy atom. The minimum Gasteiger partial charge on any atom is -0.489 e. The Bertz CT molecular complexity index is 746. The van der Waals surface area contributed by atoms with E-state index in [4.69, 9.17) is 4.74 Å². The SMILES string of the molecule is CCC(CNC(=NC)NCCS(=O)(=O)N1CCSCC1)Oc1cccc(F)c1.I. The first-order valence-electron chi connectivity index (χ1n) is 9.37. The number of thioether (sulfide) groups is 1. The van der Waals surface area contributed by atoms with Crippen LogP contribution < -0.4 is 15.4 Å². The van der Waals surface area contributed by atoms with Crippen LogP contribution in [0.4, 0.5) is 4.39 Å². The number of aliphatic imine (C=N–C) groups is 1. The van der Waals surface area contributed by atoms with Gasteiger partial charge in [-0.05, 0) is 18.6 Å². The summed E-state index contributed by atoms with van der Waals surface area (Å²) in [7, 11) is -1.63. The van der Waals surface area contributed by atoms with Crippen molar-refractivity contribution in [3.8, 4) is 5.75 Å². The van der Waals surface area contributed by atoms with E-state index in [9.17, 15) is 12.8 Å². The van der Waals surface area contributed by atoms with Crippen molar-refractivity contribution < 1.29 is 17.5 Å². The Labute approximate surface area is 194 Å². The summed E-state index contributed by atoms with van der Waals surface area (Å²) in [6.45, 7) is 3.87. The highest BCUT2D eigenvalue weighted by molar-refractivity contribution is 14.0. The lowest BCUT2D eigenvalue weighted by Crippen LogP contribution is -2.46. The van der Waals surface area contributed by atoms with E-state index >= 15 is 0 Å². The van der Waals surface area contributed by atoms with Crippen molar-refractivity contribution in [2.75, 3.05) is 50.5 Å². The Hall–Kier alpha value is -0.790. The molecular formula is C18H30FIN4O3S2. The van der Waals surface area contributed by atoms with Crippen LogP contribution >= 0.6 is 35.7 Å². The summed E-state index contributed by atoms with van der Waals surface area (Å²) in [5.41, 5.74) is 0. The quantitative estimate of drug-likeness (QED) is 0.274. The summed E-state index contributed by atoms with van der Waals surface area (Å²) in [5, 5.41) is 6.16. The third kappa shape index (κ3) is 9.26. The van der Waals surface area contributed by atoms with Crippen LogP contribution in [0.5, 0.6) is 5.75 Å². The van der Waals surface area contributed by atoms with E-state index < -0.39 is 10.0 Å². The molecule has 1 aliphatic heterocycles. The molecule has 1 aliphatic rings. The third-order valence-corrected chi connectivity index (χ3v) is 7.11. The highest BCUT2D eigenvalue weighted by atomic mass is 127. The van der Waals surface area contributed by atoms with Crippen molar-refractivity contribution in [2.45, 2.75) is 19.4 Å². The maximum Gasteiger partial charge on any atom is 0.215 e. The number of guanidine groups is 1. The number of benzene rings is 1. The van der Waals surface area contributed by atoms with E-state index in [1.54, 1.807) is 35.2 Å². The second kappa shape index (κ2) is 13.5. The molecule has 0 bridgehead atoms. The lowest BCUT2D eigenvalue weighted by atomic mass is 10.2. The fourth-order valence-electron chi connectivity index (χ4n) is 2.69. The molecule has 1 aromatic carbocycles. The molecule has 0 spiro atoms. The Kier molecular flexibility index (Phi) is 12.2. The van der Waals surface area contributed by atoms with Gasteiger partial charge in [0.25, 0.3) is 0 Å². The van der Waals surface area contributed by atoms with Gasteiger partial charge >= 0.3 is 0 Å². The van der Waals surface area contributed by atoms with Crippen LogP contribution in [-0.4, -0.2) is 75.3 Å². The lowest BCUT2D eigenvalue weighted by Gasteiger charge is -2.25. The van der Waals surface area contributed by atoms with E-state index in [1.807, 2.05) is 6.92 Å². The first kappa shape index (κ1) is 26.2. The van der Waals surface area contributed by atoms with E-state index in [2.05, 4.69) is 15.6 Å². The number of rotatable bonds is 9. The molecule has 1 saturated heterocycles. The van der Waals surface area contributed by atoms with Gasteiger partial charge in [0.15, 0.2) is 5.96 Å². The average molecular weight is 560 g/mol. The van der Waals surface area contributed by atoms with Gasteiger partial charge in [0.1, 0.15) is 17.7 Å². The number of hydrogen-bond donors (Lipinski definition) is 2. The van der Waals surface area contributed by atoms with Gasteiger partial charge in [-0.2, -0.15) is 11.8 Å². The zero-order chi connectivity index (χ0) is 20.4. The predicted octanol–water partition coefficient (Wildman–Crippen LogP) is 2.14. The van der Waals surface area contributed by atoms with Gasteiger partial charge < -0.3 is 15.4 Å². The molecule has 0 aliphatic carbocycles. The molecular weight excluding hydrogens is 530 g/mol. The zero-order valence-electron chi connectivity index (χ0n) is 16.8. The Morgan fingerprint density at radius 1 is 1.34 bits per heavy atom. The summed E-state index contributed by atoms with van der Waals surface area (Å²) in [6.07, 6.45) is 0.553. The van der Waals surface area contributed by atoms with E-state index in [0.29, 0.717) is 31.3 Å². The molecule has 0 saturated carbocycles. The van der Waals surface area contributed by atoms with Gasteiger partial charge in [-0.3, -0.25) is 4.99 Å². The molecule has 11 heteroatoms. The van der Waals surface area contributed by atoms with E-state index in [0.717, 1.165) is 17.9 Å². The highest BCUT2D eigenvalue weighted by Crippen LogP contribution is 2.15. The van der Waals surface area contributed by atoms with Crippen LogP contribution in [0.25, 0.3) is 0 Å². The molecule has 1 aromatic rings. The molecule has 1 heterocycles. The molecule has 2 N–H and O–H groups in total. The molecule has 0 radical (unpaired) electrons. The van der Waals surface area contributed by atoms with Crippen molar-refractivity contribution >= 4 is 51.7 Å². The normalized spacial score (nSPS) is 16.6. The second-order valence-electron chi connectivity index (χ2n) is 6.31. The fourth-order valence-corrected chi connectivity index (χ4v) is 5.18. The van der Waals surface area contributed by atoms with Gasteiger partial charge in [0.2, 0.25) is 10.0 Å². The van der Waals surface area contributed by atoms with Crippen molar-refractivity contribution in [1.29, 1.82) is 0 Å². The average Bonchev–Trinajstić information content (AvgIpc) is 2.70. The molecule has 0 aromatic heterocycles. The smallest absolute Gasteiger partial charge is 0.215 e. The summed E-state index contributed by atoms with van der Waals surface area (Å²) >= 11 is 1.78. The molecule has 1 fully saturated rings. The first-order chi connectivity index (χ1) is 13.4.